The third kappa shape index (κ3) is 4.80. The summed E-state index contributed by atoms with van der Waals surface area (Å²) >= 11 is 0. The van der Waals surface area contributed by atoms with Crippen LogP contribution in [0.2, 0.25) is 0 Å². The Hall–Kier alpha value is -4.39. The lowest BCUT2D eigenvalue weighted by molar-refractivity contribution is -0.127. The Bertz CT molecular complexity index is 1390. The van der Waals surface area contributed by atoms with Gasteiger partial charge >= 0.3 is 0 Å². The van der Waals surface area contributed by atoms with Gasteiger partial charge in [-0.05, 0) is 36.4 Å². The summed E-state index contributed by atoms with van der Waals surface area (Å²) in [4.78, 5) is 33.3. The number of nitrogens with zero attached hydrogens (tertiary/aromatic N) is 2. The number of aromatic nitrogens is 1. The fourth-order valence-corrected chi connectivity index (χ4v) is 4.33. The molecule has 1 saturated heterocycles. The molecule has 5 rings (SSSR count). The molecule has 3 aromatic carbocycles. The zero-order chi connectivity index (χ0) is 24.2. The second-order valence-corrected chi connectivity index (χ2v) is 8.40. The molecule has 176 valence electrons. The molecule has 6 nitrogen and oxygen atoms in total. The first kappa shape index (κ1) is 22.4. The van der Waals surface area contributed by atoms with E-state index in [0.29, 0.717) is 37.4 Å². The predicted octanol–water partition coefficient (Wildman–Crippen LogP) is 4.43. The zero-order valence-electron chi connectivity index (χ0n) is 19.1. The van der Waals surface area contributed by atoms with Gasteiger partial charge in [0.1, 0.15) is 11.5 Å². The number of nitrogens with one attached hydrogen (secondary N) is 2. The number of H-pyrrole nitrogens is 1. The van der Waals surface area contributed by atoms with Crippen LogP contribution >= 0.6 is 0 Å². The maximum Gasteiger partial charge on any atom is 0.270 e. The van der Waals surface area contributed by atoms with E-state index < -0.39 is 0 Å². The lowest BCUT2D eigenvalue weighted by atomic mass is 10.1. The van der Waals surface area contributed by atoms with Crippen molar-refractivity contribution in [1.82, 2.24) is 15.2 Å². The number of aromatic amines is 1. The molecule has 2 amide bonds. The number of benzene rings is 3. The monoisotopic (exact) mass is 468 g/mol. The molecule has 0 radical (unpaired) electrons. The first-order chi connectivity index (χ1) is 17.1. The highest BCUT2D eigenvalue weighted by Crippen LogP contribution is 2.23. The molecule has 1 aliphatic heterocycles. The number of rotatable bonds is 5. The van der Waals surface area contributed by atoms with Gasteiger partial charge in [0, 0.05) is 54.4 Å². The summed E-state index contributed by atoms with van der Waals surface area (Å²) in [5.41, 5.74) is 2.95. The van der Waals surface area contributed by atoms with Crippen LogP contribution in [0.1, 0.15) is 15.9 Å². The van der Waals surface area contributed by atoms with Gasteiger partial charge in [0.25, 0.3) is 11.8 Å². The van der Waals surface area contributed by atoms with Gasteiger partial charge in [-0.1, -0.05) is 48.5 Å². The van der Waals surface area contributed by atoms with Gasteiger partial charge in [0.2, 0.25) is 0 Å². The number of amides is 2. The highest BCUT2D eigenvalue weighted by atomic mass is 19.1. The number of carbonyl (C=O) groups is 2. The van der Waals surface area contributed by atoms with Gasteiger partial charge in [0.05, 0.1) is 5.69 Å². The van der Waals surface area contributed by atoms with Crippen molar-refractivity contribution in [2.75, 3.05) is 31.1 Å². The fourth-order valence-electron chi connectivity index (χ4n) is 4.33. The van der Waals surface area contributed by atoms with Gasteiger partial charge < -0.3 is 20.1 Å². The largest absolute Gasteiger partial charge is 0.366 e. The first-order valence-electron chi connectivity index (χ1n) is 11.5. The van der Waals surface area contributed by atoms with Crippen LogP contribution in [-0.2, 0) is 4.79 Å². The Balaban J connectivity index is 1.40. The van der Waals surface area contributed by atoms with E-state index in [0.717, 1.165) is 16.5 Å². The molecule has 0 spiro atoms. The quantitative estimate of drug-likeness (QED) is 0.426. The second kappa shape index (κ2) is 9.85. The van der Waals surface area contributed by atoms with E-state index in [-0.39, 0.29) is 23.3 Å². The number of hydrogen-bond acceptors (Lipinski definition) is 3. The van der Waals surface area contributed by atoms with E-state index in [1.165, 1.54) is 6.07 Å². The van der Waals surface area contributed by atoms with Crippen LogP contribution < -0.4 is 10.2 Å². The molecule has 0 unspecified atom stereocenters. The Morgan fingerprint density at radius 1 is 0.857 bits per heavy atom. The van der Waals surface area contributed by atoms with Crippen molar-refractivity contribution in [2.45, 2.75) is 0 Å². The topological polar surface area (TPSA) is 68.4 Å². The highest BCUT2D eigenvalue weighted by Gasteiger charge is 2.26. The number of anilines is 1. The zero-order valence-corrected chi connectivity index (χ0v) is 19.1. The smallest absolute Gasteiger partial charge is 0.270 e. The van der Waals surface area contributed by atoms with Crippen LogP contribution in [0.4, 0.5) is 10.1 Å². The van der Waals surface area contributed by atoms with E-state index in [1.54, 1.807) is 53.4 Å². The van der Waals surface area contributed by atoms with Gasteiger partial charge in [-0.3, -0.25) is 9.59 Å². The normalized spacial score (nSPS) is 14.3. The average Bonchev–Trinajstić information content (AvgIpc) is 3.31. The Morgan fingerprint density at radius 2 is 1.54 bits per heavy atom. The molecular formula is C28H25FN4O2. The van der Waals surface area contributed by atoms with Crippen molar-refractivity contribution in [2.24, 2.45) is 0 Å². The predicted molar refractivity (Wildman–Crippen MR) is 135 cm³/mol. The lowest BCUT2D eigenvalue weighted by Gasteiger charge is -2.36. The van der Waals surface area contributed by atoms with Crippen LogP contribution in [0, 0.1) is 5.82 Å². The summed E-state index contributed by atoms with van der Waals surface area (Å²) in [7, 11) is 0. The van der Waals surface area contributed by atoms with Crippen LogP contribution in [0.5, 0.6) is 0 Å². The van der Waals surface area contributed by atoms with Gasteiger partial charge in [-0.2, -0.15) is 0 Å². The van der Waals surface area contributed by atoms with Crippen LogP contribution in [0.3, 0.4) is 0 Å². The molecule has 4 aromatic rings. The summed E-state index contributed by atoms with van der Waals surface area (Å²) in [6.45, 7) is 1.83. The SMILES string of the molecule is O=C(NC(=Cc1c[nH]c2ccccc12)C(=O)N1CCN(c2ccccc2F)CC1)c1ccccc1. The Morgan fingerprint density at radius 3 is 2.31 bits per heavy atom. The van der Waals surface area contributed by atoms with Crippen molar-refractivity contribution in [3.63, 3.8) is 0 Å². The summed E-state index contributed by atoms with van der Waals surface area (Å²) in [5, 5.41) is 3.78. The minimum Gasteiger partial charge on any atom is -0.366 e. The van der Waals surface area contributed by atoms with Gasteiger partial charge in [0.15, 0.2) is 0 Å². The van der Waals surface area contributed by atoms with E-state index >= 15 is 0 Å². The minimum atomic E-state index is -0.352. The summed E-state index contributed by atoms with van der Waals surface area (Å²) < 4.78 is 14.2. The van der Waals surface area contributed by atoms with Crippen molar-refractivity contribution >= 4 is 34.5 Å². The van der Waals surface area contributed by atoms with E-state index in [4.69, 9.17) is 0 Å². The molecule has 0 saturated carbocycles. The molecule has 2 heterocycles. The van der Waals surface area contributed by atoms with E-state index in [9.17, 15) is 14.0 Å². The maximum atomic E-state index is 14.2. The summed E-state index contributed by atoms with van der Waals surface area (Å²) in [6.07, 6.45) is 3.54. The molecular weight excluding hydrogens is 443 g/mol. The van der Waals surface area contributed by atoms with Crippen molar-refractivity contribution in [3.05, 3.63) is 108 Å². The standard InChI is InChI=1S/C28H25FN4O2/c29-23-11-5-7-13-26(23)32-14-16-33(17-15-32)28(35)25(31-27(34)20-8-2-1-3-9-20)18-21-19-30-24-12-6-4-10-22(21)24/h1-13,18-19,30H,14-17H2,(H,31,34). The summed E-state index contributed by atoms with van der Waals surface area (Å²) in [6, 6.07) is 23.2. The number of fused-ring (bicyclic) bond motifs is 1. The first-order valence-corrected chi connectivity index (χ1v) is 11.5. The van der Waals surface area contributed by atoms with Gasteiger partial charge in [-0.25, -0.2) is 4.39 Å². The lowest BCUT2D eigenvalue weighted by Crippen LogP contribution is -2.50. The second-order valence-electron chi connectivity index (χ2n) is 8.40. The van der Waals surface area contributed by atoms with Crippen LogP contribution in [0.25, 0.3) is 17.0 Å². The van der Waals surface area contributed by atoms with E-state index in [1.807, 2.05) is 41.4 Å². The number of hydrogen-bond donors (Lipinski definition) is 2. The molecule has 0 aliphatic carbocycles. The average molecular weight is 469 g/mol. The van der Waals surface area contributed by atoms with Crippen molar-refractivity contribution < 1.29 is 14.0 Å². The maximum absolute atomic E-state index is 14.2. The number of carbonyl (C=O) groups excluding carboxylic acids is 2. The number of para-hydroxylation sites is 2. The molecule has 1 aromatic heterocycles. The molecule has 0 atom stereocenters. The fraction of sp³-hybridized carbons (Fsp3) is 0.143. The molecule has 0 bridgehead atoms. The molecule has 7 heteroatoms. The summed E-state index contributed by atoms with van der Waals surface area (Å²) in [5.74, 6) is -0.898. The van der Waals surface area contributed by atoms with E-state index in [2.05, 4.69) is 10.3 Å². The molecule has 35 heavy (non-hydrogen) atoms. The van der Waals surface area contributed by atoms with Crippen molar-refractivity contribution in [1.29, 1.82) is 0 Å². The minimum absolute atomic E-state index is 0.197. The molecule has 2 N–H and O–H groups in total. The molecule has 1 aliphatic rings. The number of halogens is 1. The van der Waals surface area contributed by atoms with Crippen LogP contribution in [0.15, 0.2) is 90.8 Å². The van der Waals surface area contributed by atoms with Crippen molar-refractivity contribution in [3.8, 4) is 0 Å². The Kier molecular flexibility index (Phi) is 6.30. The van der Waals surface area contributed by atoms with Crippen LogP contribution in [-0.4, -0.2) is 47.9 Å². The van der Waals surface area contributed by atoms with Gasteiger partial charge in [-0.15, -0.1) is 0 Å². The molecule has 1 fully saturated rings. The Labute approximate surface area is 202 Å². The number of piperazine rings is 1. The highest BCUT2D eigenvalue weighted by molar-refractivity contribution is 6.06. The third-order valence-electron chi connectivity index (χ3n) is 6.20. The third-order valence-corrected chi connectivity index (χ3v) is 6.20.